The van der Waals surface area contributed by atoms with Gasteiger partial charge in [0.15, 0.2) is 0 Å². The molecule has 0 aliphatic carbocycles. The van der Waals surface area contributed by atoms with E-state index in [1.54, 1.807) is 18.2 Å². The van der Waals surface area contributed by atoms with Crippen LogP contribution in [0.4, 0.5) is 0 Å². The molecule has 0 atom stereocenters. The van der Waals surface area contributed by atoms with E-state index in [1.807, 2.05) is 288 Å². The molecule has 0 saturated carbocycles. The zero-order chi connectivity index (χ0) is 105. The van der Waals surface area contributed by atoms with Crippen LogP contribution in [0, 0.1) is 41.5 Å². The van der Waals surface area contributed by atoms with Gasteiger partial charge in [0, 0.05) is 140 Å². The second-order valence-corrected chi connectivity index (χ2v) is 36.7. The highest BCUT2D eigenvalue weighted by molar-refractivity contribution is 6.05. The van der Waals surface area contributed by atoms with Gasteiger partial charge < -0.3 is 56.8 Å². The molecule has 0 fully saturated rings. The number of benzene rings is 12. The molecule has 12 rings (SSSR count). The van der Waals surface area contributed by atoms with E-state index in [1.165, 1.54) is 41.5 Å². The van der Waals surface area contributed by atoms with Crippen molar-refractivity contribution in [1.29, 1.82) is 0 Å². The van der Waals surface area contributed by atoms with Gasteiger partial charge in [0.2, 0.25) is 0 Å². The van der Waals surface area contributed by atoms with Crippen molar-refractivity contribution in [3.63, 3.8) is 0 Å². The lowest BCUT2D eigenvalue weighted by molar-refractivity contribution is -0.140. The molecule has 144 heavy (non-hydrogen) atoms. The average molecular weight is 1950 g/mol. The smallest absolute Gasteiger partial charge is 0.311 e. The molecule has 0 bridgehead atoms. The Labute approximate surface area is 840 Å². The van der Waals surface area contributed by atoms with Gasteiger partial charge in [0.1, 0.15) is 69.0 Å². The summed E-state index contributed by atoms with van der Waals surface area (Å²) in [7, 11) is 0. The van der Waals surface area contributed by atoms with Crippen molar-refractivity contribution in [3.05, 3.63) is 282 Å². The second kappa shape index (κ2) is 50.6. The fraction of sp³-hybridized carbons (Fsp3) is 0.300. The van der Waals surface area contributed by atoms with Gasteiger partial charge in [-0.05, 0) is 197 Å². The van der Waals surface area contributed by atoms with Crippen LogP contribution >= 0.6 is 0 Å². The summed E-state index contributed by atoms with van der Waals surface area (Å²) in [5.74, 6) is -1.64. The molecule has 12 aromatic rings. The molecule has 0 aliphatic heterocycles. The summed E-state index contributed by atoms with van der Waals surface area (Å²) >= 11 is 0. The van der Waals surface area contributed by atoms with E-state index in [-0.39, 0.29) is 38.5 Å². The third kappa shape index (κ3) is 28.6. The average Bonchev–Trinajstić information content (AvgIpc) is 0.788. The number of esters is 12. The Morgan fingerprint density at radius 3 is 0.396 bits per heavy atom. The number of hydrogen-bond acceptors (Lipinski definition) is 24. The lowest BCUT2D eigenvalue weighted by Gasteiger charge is -2.20. The molecular formula is C120H126O24. The molecule has 0 heterocycles. The Morgan fingerprint density at radius 2 is 0.271 bits per heavy atom. The number of carbonyl (C=O) groups is 12. The Hall–Kier alpha value is -15.7. The van der Waals surface area contributed by atoms with E-state index in [0.717, 1.165) is 50.1 Å². The largest absolute Gasteiger partial charge is 0.426 e. The zero-order valence-corrected chi connectivity index (χ0v) is 86.6. The summed E-state index contributed by atoms with van der Waals surface area (Å²) in [6.45, 7) is 42.8. The van der Waals surface area contributed by atoms with Gasteiger partial charge in [0.05, 0.1) is 38.5 Å². The fourth-order valence-electron chi connectivity index (χ4n) is 16.6. The topological polar surface area (TPSA) is 316 Å². The van der Waals surface area contributed by atoms with Crippen molar-refractivity contribution in [1.82, 2.24) is 0 Å². The number of rotatable bonds is 33. The number of hydrogen-bond donors (Lipinski definition) is 0. The van der Waals surface area contributed by atoms with Crippen molar-refractivity contribution in [2.24, 2.45) is 0 Å². The minimum atomic E-state index is -0.607. The molecule has 0 unspecified atom stereocenters. The molecule has 0 aliphatic rings. The van der Waals surface area contributed by atoms with Gasteiger partial charge in [-0.2, -0.15) is 0 Å². The normalized spacial score (nSPS) is 10.8. The van der Waals surface area contributed by atoms with Crippen LogP contribution in [0.25, 0.3) is 64.6 Å². The molecule has 0 amide bonds. The first-order valence-corrected chi connectivity index (χ1v) is 47.7. The summed E-state index contributed by atoms with van der Waals surface area (Å²) in [5.41, 5.74) is 14.9. The minimum absolute atomic E-state index is 0.227. The summed E-state index contributed by atoms with van der Waals surface area (Å²) in [5, 5.41) is 7.52. The van der Waals surface area contributed by atoms with E-state index >= 15 is 0 Å². The lowest BCUT2D eigenvalue weighted by Crippen LogP contribution is -2.16. The quantitative estimate of drug-likeness (QED) is 0.0209. The lowest BCUT2D eigenvalue weighted by atomic mass is 9.95. The van der Waals surface area contributed by atoms with E-state index in [2.05, 4.69) is 0 Å². The highest BCUT2D eigenvalue weighted by Crippen LogP contribution is 2.49. The van der Waals surface area contributed by atoms with Crippen LogP contribution in [-0.2, 0) is 96.1 Å². The van der Waals surface area contributed by atoms with Gasteiger partial charge in [0.25, 0.3) is 0 Å². The monoisotopic (exact) mass is 1950 g/mol. The summed E-state index contributed by atoms with van der Waals surface area (Å²) < 4.78 is 69.6. The van der Waals surface area contributed by atoms with Crippen molar-refractivity contribution in [3.8, 4) is 69.0 Å². The van der Waals surface area contributed by atoms with Gasteiger partial charge in [-0.15, -0.1) is 0 Å². The van der Waals surface area contributed by atoms with Crippen LogP contribution in [0.3, 0.4) is 0 Å². The van der Waals surface area contributed by atoms with Crippen LogP contribution in [0.2, 0.25) is 0 Å². The third-order valence-corrected chi connectivity index (χ3v) is 23.6. The Kier molecular flexibility index (Phi) is 38.7. The molecule has 0 radical (unpaired) electrons. The summed E-state index contributed by atoms with van der Waals surface area (Å²) in [4.78, 5) is 152. The van der Waals surface area contributed by atoms with Crippen molar-refractivity contribution in [2.75, 3.05) is 0 Å². The van der Waals surface area contributed by atoms with E-state index in [0.29, 0.717) is 222 Å². The molecule has 0 N–H and O–H groups in total. The molecular weight excluding hydrogens is 1830 g/mol. The van der Waals surface area contributed by atoms with Crippen molar-refractivity contribution in [2.45, 2.75) is 243 Å². The maximum Gasteiger partial charge on any atom is 0.311 e. The fourth-order valence-corrected chi connectivity index (χ4v) is 16.6. The van der Waals surface area contributed by atoms with Gasteiger partial charge >= 0.3 is 71.6 Å². The third-order valence-electron chi connectivity index (χ3n) is 23.6. The molecule has 0 aromatic heterocycles. The predicted octanol–water partition coefficient (Wildman–Crippen LogP) is 26.3. The van der Waals surface area contributed by atoms with Crippen LogP contribution in [0.5, 0.6) is 69.0 Å². The number of carbonyl (C=O) groups excluding carboxylic acids is 12. The van der Waals surface area contributed by atoms with E-state index in [9.17, 15) is 57.5 Å². The Morgan fingerprint density at radius 1 is 0.167 bits per heavy atom. The van der Waals surface area contributed by atoms with Gasteiger partial charge in [-0.25, -0.2) is 0 Å². The van der Waals surface area contributed by atoms with E-state index in [4.69, 9.17) is 56.8 Å². The standard InChI is InChI=1S/3C40H42O8/c1-23(2)17-19-29-26(6)38(32-14-10-11-15-33(32)39(29)46-28(8)42)47-35(43)21-22-36(44)48-40-30(20-18-24(3)4)25(5)37(45-27(7)41)31-13-9-12-16-34(31)40;1-23(2)17-19-29-25(5)37(31-13-9-11-15-33(31)39(29)45-27(7)41)47-35(43)21-22-36(44)48-38-26(6)30(20-18-24(3)4)40(46-28(8)42)34-16-12-10-14-32(34)38;1-23(2)17-19-29-25(5)37(45-27(7)41)31-13-9-11-15-33(31)39(29)47-35(43)21-22-36(44)48-40-30(20-18-24(3)4)26(6)38(46-28(8)42)32-14-10-12-16-34(32)40/h3*9-18H,19-22H2,1-8H3. The Balaban J connectivity index is 0.000000222. The summed E-state index contributed by atoms with van der Waals surface area (Å²) in [6.07, 6.45) is 13.4. The molecule has 0 spiro atoms. The highest BCUT2D eigenvalue weighted by atomic mass is 16.6. The van der Waals surface area contributed by atoms with Gasteiger partial charge in [-0.3, -0.25) is 57.5 Å². The number of fused-ring (bicyclic) bond motifs is 6. The first-order chi connectivity index (χ1) is 68.3. The molecule has 12 aromatic carbocycles. The molecule has 750 valence electrons. The Bertz CT molecular complexity index is 6990. The van der Waals surface area contributed by atoms with Crippen molar-refractivity contribution >= 4 is 136 Å². The summed E-state index contributed by atoms with van der Waals surface area (Å²) in [6, 6.07) is 43.6. The zero-order valence-electron chi connectivity index (χ0n) is 86.6. The van der Waals surface area contributed by atoms with Crippen LogP contribution in [-0.4, -0.2) is 71.6 Å². The molecule has 24 heteroatoms. The highest BCUT2D eigenvalue weighted by Gasteiger charge is 2.31. The number of ether oxygens (including phenoxy) is 12. The van der Waals surface area contributed by atoms with Crippen LogP contribution in [0.1, 0.15) is 230 Å². The molecule has 0 saturated heterocycles. The van der Waals surface area contributed by atoms with Crippen molar-refractivity contribution < 1.29 is 114 Å². The maximum absolute atomic E-state index is 13.3. The first kappa shape index (κ1) is 110. The predicted molar refractivity (Wildman–Crippen MR) is 560 cm³/mol. The number of allylic oxidation sites excluding steroid dienone is 12. The van der Waals surface area contributed by atoms with Gasteiger partial charge in [-0.1, -0.05) is 215 Å². The van der Waals surface area contributed by atoms with E-state index < -0.39 is 71.6 Å². The second-order valence-electron chi connectivity index (χ2n) is 36.7. The van der Waals surface area contributed by atoms with Crippen LogP contribution < -0.4 is 56.8 Å². The first-order valence-electron chi connectivity index (χ1n) is 47.7. The van der Waals surface area contributed by atoms with Crippen LogP contribution in [0.15, 0.2) is 215 Å². The maximum atomic E-state index is 13.3. The SMILES string of the molecule is CC(=O)Oc1c(C)c(CC=C(C)C)c(OC(=O)CCC(=O)Oc2c(C)c(CC=C(C)C)c(OC(C)=O)c3ccccc23)c2ccccc12.CC(=O)Oc1c(C)c(CC=C(C)C)c(OC(=O)CCC(=O)Oc2c(CC=C(C)C)c(C)c(OC(C)=O)c3ccccc23)c2ccccc12.CC(=O)Oc1c(CC=C(C)C)c(C)c(OC(=O)CCC(=O)Oc2c(C)c(CC=C(C)C)c(OC(C)=O)c3ccccc23)c2ccccc12. The minimum Gasteiger partial charge on any atom is -0.426 e. The molecule has 24 nitrogen and oxygen atoms in total.